The van der Waals surface area contributed by atoms with Crippen molar-refractivity contribution in [2.24, 2.45) is 0 Å². The van der Waals surface area contributed by atoms with Gasteiger partial charge in [-0.1, -0.05) is 26.7 Å². The van der Waals surface area contributed by atoms with Crippen LogP contribution in [-0.2, 0) is 31.3 Å². The Morgan fingerprint density at radius 1 is 1.00 bits per heavy atom. The molecule has 0 aliphatic heterocycles. The first-order valence-corrected chi connectivity index (χ1v) is 6.86. The molecule has 0 aromatic carbocycles. The van der Waals surface area contributed by atoms with Gasteiger partial charge in [0.05, 0.1) is 0 Å². The Bertz CT molecular complexity index is 103. The van der Waals surface area contributed by atoms with Gasteiger partial charge >= 0.3 is 26.2 Å². The van der Waals surface area contributed by atoms with E-state index < -0.39 is 6.72 Å². The van der Waals surface area contributed by atoms with Crippen molar-refractivity contribution in [2.75, 3.05) is 0 Å². The van der Waals surface area contributed by atoms with Gasteiger partial charge in [-0.05, 0) is 11.8 Å². The summed E-state index contributed by atoms with van der Waals surface area (Å²) in [5.41, 5.74) is 0. The first kappa shape index (κ1) is 24.4. The molecule has 0 saturated carbocycles. The van der Waals surface area contributed by atoms with Crippen molar-refractivity contribution >= 4 is 18.5 Å². The van der Waals surface area contributed by atoms with E-state index in [-0.39, 0.29) is 19.5 Å². The molecule has 0 amide bonds. The second-order valence-electron chi connectivity index (χ2n) is 2.22. The van der Waals surface area contributed by atoms with Crippen molar-refractivity contribution in [3.8, 4) is 0 Å². The maximum absolute atomic E-state index is 7.56. The Balaban J connectivity index is -0.0000000522. The van der Waals surface area contributed by atoms with E-state index in [9.17, 15) is 0 Å². The molecule has 0 aromatic rings. The largest absolute Gasteiger partial charge is 2.00 e. The fourth-order valence-corrected chi connectivity index (χ4v) is 0. The zero-order valence-electron chi connectivity index (χ0n) is 9.15. The average Bonchev–Trinajstić information content (AvgIpc) is 2.01. The van der Waals surface area contributed by atoms with E-state index in [0.717, 1.165) is 12.8 Å². The van der Waals surface area contributed by atoms with E-state index in [4.69, 9.17) is 14.7 Å². The summed E-state index contributed by atoms with van der Waals surface area (Å²) >= 11 is 3.60. The Morgan fingerprint density at radius 2 is 1.07 bits per heavy atom. The normalized spacial score (nSPS) is 8.50. The molecule has 0 aromatic heterocycles. The second-order valence-corrected chi connectivity index (χ2v) is 4.72. The molecular formula is C8H21O3PSZn. The predicted octanol–water partition coefficient (Wildman–Crippen LogP) is 2.43. The van der Waals surface area contributed by atoms with E-state index in [1.54, 1.807) is 0 Å². The topological polar surface area (TPSA) is 60.7 Å². The summed E-state index contributed by atoms with van der Waals surface area (Å²) in [5.74, 6) is 0. The standard InChI is InChI=1S/2C4H9.H3O3PS.Zn/c2*1-3-4-2;1-4(2,3)5;/h2*1,3-4H2,2H3;(H3,1,2,3,5);/q2*-1;;+2. The third-order valence-corrected chi connectivity index (χ3v) is 0.707. The molecule has 0 unspecified atom stereocenters. The molecule has 0 saturated heterocycles. The Morgan fingerprint density at radius 3 is 1.07 bits per heavy atom. The van der Waals surface area contributed by atoms with E-state index >= 15 is 0 Å². The van der Waals surface area contributed by atoms with Crippen LogP contribution >= 0.6 is 6.72 Å². The minimum absolute atomic E-state index is 0. The fourth-order valence-electron chi connectivity index (χ4n) is 0. The van der Waals surface area contributed by atoms with Crippen LogP contribution in [0.3, 0.4) is 0 Å². The molecule has 3 N–H and O–H groups in total. The SMILES string of the molecule is OP(O)(O)=S.[CH2-]CCC.[CH2-]CCC.[Zn+2]. The summed E-state index contributed by atoms with van der Waals surface area (Å²) in [6, 6.07) is 0. The van der Waals surface area contributed by atoms with Gasteiger partial charge in [-0.2, -0.15) is 12.8 Å². The molecule has 0 atom stereocenters. The third kappa shape index (κ3) is 195. The number of hydrogen-bond donors (Lipinski definition) is 3. The molecule has 0 spiro atoms. The van der Waals surface area contributed by atoms with Crippen LogP contribution in [0.2, 0.25) is 0 Å². The van der Waals surface area contributed by atoms with Crippen LogP contribution in [0.5, 0.6) is 0 Å². The third-order valence-electron chi connectivity index (χ3n) is 0.707. The molecule has 14 heavy (non-hydrogen) atoms. The summed E-state index contributed by atoms with van der Waals surface area (Å²) in [5, 5.41) is 0. The van der Waals surface area contributed by atoms with E-state index in [1.165, 1.54) is 12.8 Å². The van der Waals surface area contributed by atoms with Gasteiger partial charge in [0.25, 0.3) is 0 Å². The fraction of sp³-hybridized carbons (Fsp3) is 0.750. The predicted molar refractivity (Wildman–Crippen MR) is 61.5 cm³/mol. The van der Waals surface area contributed by atoms with Crippen molar-refractivity contribution in [3.63, 3.8) is 0 Å². The first-order chi connectivity index (χ1) is 5.83. The molecular weight excluding hydrogens is 273 g/mol. The maximum Gasteiger partial charge on any atom is 2.00 e. The van der Waals surface area contributed by atoms with Gasteiger partial charge in [0.1, 0.15) is 0 Å². The molecule has 0 bridgehead atoms. The van der Waals surface area contributed by atoms with Crippen LogP contribution in [0.1, 0.15) is 39.5 Å². The molecule has 0 radical (unpaired) electrons. The van der Waals surface area contributed by atoms with E-state index in [2.05, 4.69) is 39.5 Å². The molecule has 0 fully saturated rings. The summed E-state index contributed by atoms with van der Waals surface area (Å²) in [4.78, 5) is 22.7. The minimum atomic E-state index is -3.81. The second kappa shape index (κ2) is 19.7. The van der Waals surface area contributed by atoms with Crippen molar-refractivity contribution in [1.29, 1.82) is 0 Å². The van der Waals surface area contributed by atoms with Crippen LogP contribution in [0, 0.1) is 13.8 Å². The monoisotopic (exact) mass is 292 g/mol. The van der Waals surface area contributed by atoms with Crippen LogP contribution in [-0.4, -0.2) is 14.7 Å². The molecule has 3 nitrogen and oxygen atoms in total. The van der Waals surface area contributed by atoms with Gasteiger partial charge in [0.2, 0.25) is 0 Å². The molecule has 0 aliphatic carbocycles. The molecule has 0 heterocycles. The zero-order valence-corrected chi connectivity index (χ0v) is 13.8. The Kier molecular flexibility index (Phi) is 34.3. The minimum Gasteiger partial charge on any atom is -0.343 e. The summed E-state index contributed by atoms with van der Waals surface area (Å²) < 4.78 is 0. The van der Waals surface area contributed by atoms with Gasteiger partial charge in [0, 0.05) is 0 Å². The zero-order chi connectivity index (χ0) is 11.3. The smallest absolute Gasteiger partial charge is 0.343 e. The summed E-state index contributed by atoms with van der Waals surface area (Å²) in [7, 11) is 0. The van der Waals surface area contributed by atoms with Crippen molar-refractivity contribution in [2.45, 2.75) is 39.5 Å². The number of hydrogen-bond acceptors (Lipinski definition) is 1. The summed E-state index contributed by atoms with van der Waals surface area (Å²) in [6.45, 7) is 7.64. The number of unbranched alkanes of at least 4 members (excludes halogenated alkanes) is 2. The van der Waals surface area contributed by atoms with Crippen LogP contribution in [0.4, 0.5) is 0 Å². The van der Waals surface area contributed by atoms with Crippen LogP contribution < -0.4 is 0 Å². The number of rotatable bonds is 2. The van der Waals surface area contributed by atoms with E-state index in [1.807, 2.05) is 0 Å². The van der Waals surface area contributed by atoms with Gasteiger partial charge in [-0.25, -0.2) is 0 Å². The van der Waals surface area contributed by atoms with Crippen molar-refractivity contribution in [3.05, 3.63) is 13.8 Å². The van der Waals surface area contributed by atoms with Gasteiger partial charge in [0.15, 0.2) is 0 Å². The average molecular weight is 294 g/mol. The maximum atomic E-state index is 7.56. The Labute approximate surface area is 106 Å². The van der Waals surface area contributed by atoms with Gasteiger partial charge in [-0.3, -0.25) is 0 Å². The van der Waals surface area contributed by atoms with Gasteiger partial charge in [-0.15, -0.1) is 0 Å². The van der Waals surface area contributed by atoms with Crippen molar-refractivity contribution < 1.29 is 34.2 Å². The van der Waals surface area contributed by atoms with Gasteiger partial charge < -0.3 is 28.5 Å². The van der Waals surface area contributed by atoms with Crippen LogP contribution in [0.15, 0.2) is 0 Å². The molecule has 6 heteroatoms. The molecule has 84 valence electrons. The molecule has 0 rings (SSSR count). The molecule has 0 aliphatic rings. The first-order valence-electron chi connectivity index (χ1n) is 4.20. The van der Waals surface area contributed by atoms with Crippen LogP contribution in [0.25, 0.3) is 0 Å². The quantitative estimate of drug-likeness (QED) is 0.416. The Hall–Kier alpha value is 1.15. The van der Waals surface area contributed by atoms with E-state index in [0.29, 0.717) is 0 Å². The van der Waals surface area contributed by atoms with Crippen molar-refractivity contribution in [1.82, 2.24) is 0 Å². The summed E-state index contributed by atoms with van der Waals surface area (Å²) in [6.07, 6.45) is 4.56.